The predicted molar refractivity (Wildman–Crippen MR) is 94.3 cm³/mol. The molecule has 3 rings (SSSR count). The van der Waals surface area contributed by atoms with E-state index in [1.54, 1.807) is 7.05 Å². The summed E-state index contributed by atoms with van der Waals surface area (Å²) in [7, 11) is -1.54. The second kappa shape index (κ2) is 6.15. The molecule has 0 unspecified atom stereocenters. The lowest BCUT2D eigenvalue weighted by atomic mass is 9.92. The van der Waals surface area contributed by atoms with E-state index in [-0.39, 0.29) is 17.4 Å². The zero-order valence-corrected chi connectivity index (χ0v) is 15.5. The van der Waals surface area contributed by atoms with Crippen LogP contribution in [0, 0.1) is 6.92 Å². The van der Waals surface area contributed by atoms with Crippen molar-refractivity contribution in [2.24, 2.45) is 0 Å². The maximum Gasteiger partial charge on any atom is 0.233 e. The second-order valence-corrected chi connectivity index (χ2v) is 9.30. The highest BCUT2D eigenvalue weighted by Crippen LogP contribution is 2.50. The Labute approximate surface area is 144 Å². The molecule has 0 N–H and O–H groups in total. The molecule has 132 valence electrons. The van der Waals surface area contributed by atoms with Gasteiger partial charge in [0.05, 0.1) is 11.7 Å². The van der Waals surface area contributed by atoms with E-state index in [1.165, 1.54) is 16.1 Å². The monoisotopic (exact) mass is 350 g/mol. The molecule has 0 radical (unpaired) electrons. The minimum Gasteiger partial charge on any atom is -0.342 e. The van der Waals surface area contributed by atoms with Crippen molar-refractivity contribution in [2.75, 3.05) is 26.4 Å². The van der Waals surface area contributed by atoms with Crippen LogP contribution in [0.3, 0.4) is 0 Å². The van der Waals surface area contributed by atoms with E-state index in [2.05, 4.69) is 25.1 Å². The van der Waals surface area contributed by atoms with Gasteiger partial charge in [0.15, 0.2) is 0 Å². The van der Waals surface area contributed by atoms with Crippen molar-refractivity contribution in [3.8, 4) is 0 Å². The minimum absolute atomic E-state index is 0.00169. The average Bonchev–Trinajstić information content (AvgIpc) is 3.34. The summed E-state index contributed by atoms with van der Waals surface area (Å²) in [6.45, 7) is 3.32. The Bertz CT molecular complexity index is 732. The number of amides is 1. The topological polar surface area (TPSA) is 57.7 Å². The molecule has 1 heterocycles. The van der Waals surface area contributed by atoms with Crippen LogP contribution in [0.25, 0.3) is 0 Å². The molecule has 0 atom stereocenters. The Morgan fingerprint density at radius 1 is 1.25 bits per heavy atom. The lowest BCUT2D eigenvalue weighted by Gasteiger charge is -2.37. The van der Waals surface area contributed by atoms with Crippen molar-refractivity contribution in [3.63, 3.8) is 0 Å². The molecule has 1 saturated heterocycles. The zero-order valence-electron chi connectivity index (χ0n) is 14.7. The number of benzene rings is 1. The highest BCUT2D eigenvalue weighted by molar-refractivity contribution is 7.88. The summed E-state index contributed by atoms with van der Waals surface area (Å²) in [4.78, 5) is 15.0. The van der Waals surface area contributed by atoms with Crippen LogP contribution in [-0.2, 0) is 20.2 Å². The third-order valence-corrected chi connectivity index (χ3v) is 6.86. The van der Waals surface area contributed by atoms with Gasteiger partial charge in [0.25, 0.3) is 0 Å². The molecule has 1 aromatic carbocycles. The smallest absolute Gasteiger partial charge is 0.233 e. The lowest BCUT2D eigenvalue weighted by molar-refractivity contribution is -0.135. The number of rotatable bonds is 4. The van der Waals surface area contributed by atoms with Gasteiger partial charge in [0.1, 0.15) is 0 Å². The van der Waals surface area contributed by atoms with Crippen LogP contribution in [0.15, 0.2) is 24.3 Å². The normalized spacial score (nSPS) is 21.1. The van der Waals surface area contributed by atoms with Crippen LogP contribution < -0.4 is 0 Å². The van der Waals surface area contributed by atoms with Crippen molar-refractivity contribution in [2.45, 2.75) is 44.1 Å². The third kappa shape index (κ3) is 3.22. The number of sulfonamides is 1. The van der Waals surface area contributed by atoms with E-state index in [0.717, 1.165) is 18.4 Å². The summed E-state index contributed by atoms with van der Waals surface area (Å²) in [5, 5.41) is 0. The van der Waals surface area contributed by atoms with Crippen molar-refractivity contribution >= 4 is 15.9 Å². The second-order valence-electron chi connectivity index (χ2n) is 7.25. The highest BCUT2D eigenvalue weighted by atomic mass is 32.2. The summed E-state index contributed by atoms with van der Waals surface area (Å²) >= 11 is 0. The molecule has 5 nitrogen and oxygen atoms in total. The first-order valence-corrected chi connectivity index (χ1v) is 10.4. The fourth-order valence-corrected chi connectivity index (χ4v) is 4.45. The average molecular weight is 350 g/mol. The molecule has 6 heteroatoms. The first kappa shape index (κ1) is 17.4. The van der Waals surface area contributed by atoms with Gasteiger partial charge in [0.2, 0.25) is 15.9 Å². The van der Waals surface area contributed by atoms with Gasteiger partial charge in [0, 0.05) is 26.2 Å². The number of likely N-dealkylation sites (tertiary alicyclic amines) is 1. The number of carbonyl (C=O) groups excluding carboxylic acids is 1. The highest BCUT2D eigenvalue weighted by Gasteiger charge is 2.53. The Morgan fingerprint density at radius 3 is 2.38 bits per heavy atom. The first-order valence-electron chi connectivity index (χ1n) is 8.53. The summed E-state index contributed by atoms with van der Waals surface area (Å²) < 4.78 is 24.8. The number of aryl methyl sites for hydroxylation is 1. The molecule has 1 aliphatic carbocycles. The van der Waals surface area contributed by atoms with Crippen molar-refractivity contribution in [1.82, 2.24) is 9.21 Å². The van der Waals surface area contributed by atoms with Crippen molar-refractivity contribution in [1.29, 1.82) is 0 Å². The standard InChI is InChI=1S/C18H26N2O3S/c1-14-5-4-6-15(13-14)18(9-10-18)17(21)20-11-7-16(8-12-20)19(2)24(3,22)23/h4-6,13,16H,7-12H2,1-3H3. The van der Waals surface area contributed by atoms with E-state index >= 15 is 0 Å². The van der Waals surface area contributed by atoms with Gasteiger partial charge in [-0.3, -0.25) is 4.79 Å². The molecule has 0 spiro atoms. The molecule has 2 fully saturated rings. The molecule has 0 aromatic heterocycles. The zero-order chi connectivity index (χ0) is 17.5. The molecule has 0 bridgehead atoms. The van der Waals surface area contributed by atoms with E-state index < -0.39 is 10.0 Å². The number of piperidine rings is 1. The molecule has 1 amide bonds. The van der Waals surface area contributed by atoms with E-state index in [4.69, 9.17) is 0 Å². The molecular weight excluding hydrogens is 324 g/mol. The Hall–Kier alpha value is -1.40. The summed E-state index contributed by atoms with van der Waals surface area (Å²) in [6, 6.07) is 8.25. The van der Waals surface area contributed by atoms with Crippen molar-refractivity contribution < 1.29 is 13.2 Å². The third-order valence-electron chi connectivity index (χ3n) is 5.52. The minimum atomic E-state index is -3.17. The first-order chi connectivity index (χ1) is 11.2. The molecular formula is C18H26N2O3S. The number of hydrogen-bond donors (Lipinski definition) is 0. The Balaban J connectivity index is 1.68. The van der Waals surface area contributed by atoms with Crippen LogP contribution in [0.2, 0.25) is 0 Å². The Morgan fingerprint density at radius 2 is 1.88 bits per heavy atom. The maximum atomic E-state index is 13.1. The van der Waals surface area contributed by atoms with Crippen LogP contribution in [0.4, 0.5) is 0 Å². The fourth-order valence-electron chi connectivity index (χ4n) is 3.70. The van der Waals surface area contributed by atoms with Gasteiger partial charge in [-0.2, -0.15) is 0 Å². The van der Waals surface area contributed by atoms with E-state index in [0.29, 0.717) is 25.9 Å². The van der Waals surface area contributed by atoms with Crippen molar-refractivity contribution in [3.05, 3.63) is 35.4 Å². The summed E-state index contributed by atoms with van der Waals surface area (Å²) in [5.41, 5.74) is 1.98. The van der Waals surface area contributed by atoms with Gasteiger partial charge in [-0.15, -0.1) is 0 Å². The number of hydrogen-bond acceptors (Lipinski definition) is 3. The van der Waals surface area contributed by atoms with Gasteiger partial charge in [-0.25, -0.2) is 12.7 Å². The van der Waals surface area contributed by atoms with Crippen LogP contribution in [-0.4, -0.2) is 56.0 Å². The molecule has 1 aliphatic heterocycles. The molecule has 1 saturated carbocycles. The van der Waals surface area contributed by atoms with Crippen LogP contribution in [0.5, 0.6) is 0 Å². The van der Waals surface area contributed by atoms with E-state index in [9.17, 15) is 13.2 Å². The molecule has 1 aromatic rings. The molecule has 24 heavy (non-hydrogen) atoms. The van der Waals surface area contributed by atoms with Crippen LogP contribution >= 0.6 is 0 Å². The quantitative estimate of drug-likeness (QED) is 0.833. The number of carbonyl (C=O) groups is 1. The lowest BCUT2D eigenvalue weighted by Crippen LogP contribution is -2.49. The van der Waals surface area contributed by atoms with E-state index in [1.807, 2.05) is 11.0 Å². The predicted octanol–water partition coefficient (Wildman–Crippen LogP) is 1.91. The fraction of sp³-hybridized carbons (Fsp3) is 0.611. The SMILES string of the molecule is Cc1cccc(C2(C(=O)N3CCC(N(C)S(C)(=O)=O)CC3)CC2)c1. The summed E-state index contributed by atoms with van der Waals surface area (Å²) in [5.74, 6) is 0.216. The Kier molecular flexibility index (Phi) is 4.47. The van der Waals surface area contributed by atoms with Gasteiger partial charge >= 0.3 is 0 Å². The van der Waals surface area contributed by atoms with Gasteiger partial charge < -0.3 is 4.90 Å². The number of nitrogens with zero attached hydrogens (tertiary/aromatic N) is 2. The van der Waals surface area contributed by atoms with Gasteiger partial charge in [-0.1, -0.05) is 29.8 Å². The summed E-state index contributed by atoms with van der Waals surface area (Å²) in [6.07, 6.45) is 4.48. The maximum absolute atomic E-state index is 13.1. The largest absolute Gasteiger partial charge is 0.342 e. The van der Waals surface area contributed by atoms with Gasteiger partial charge in [-0.05, 0) is 38.2 Å². The molecule has 2 aliphatic rings. The van der Waals surface area contributed by atoms with Crippen LogP contribution in [0.1, 0.15) is 36.8 Å².